The Hall–Kier alpha value is -2.37. The van der Waals surface area contributed by atoms with Gasteiger partial charge in [0, 0.05) is 17.8 Å². The number of hydrogen-bond donors (Lipinski definition) is 1. The summed E-state index contributed by atoms with van der Waals surface area (Å²) in [7, 11) is 1.54. The van der Waals surface area contributed by atoms with E-state index in [4.69, 9.17) is 4.74 Å². The largest absolute Gasteiger partial charge is 0.481 e. The van der Waals surface area contributed by atoms with Gasteiger partial charge in [0.25, 0.3) is 5.56 Å². The van der Waals surface area contributed by atoms with E-state index in [2.05, 4.69) is 9.97 Å². The third kappa shape index (κ3) is 2.90. The van der Waals surface area contributed by atoms with Crippen LogP contribution in [0.5, 0.6) is 5.88 Å². The van der Waals surface area contributed by atoms with Gasteiger partial charge in [0.15, 0.2) is 0 Å². The van der Waals surface area contributed by atoms with Crippen LogP contribution in [-0.2, 0) is 13.0 Å². The molecule has 0 aliphatic heterocycles. The fraction of sp³-hybridized carbons (Fsp3) is 0.308. The summed E-state index contributed by atoms with van der Waals surface area (Å²) in [6.07, 6.45) is 2.14. The number of pyridine rings is 1. The number of hydrogen-bond acceptors (Lipinski definition) is 4. The summed E-state index contributed by atoms with van der Waals surface area (Å²) < 4.78 is 6.46. The highest BCUT2D eigenvalue weighted by molar-refractivity contribution is 5.16. The predicted octanol–water partition coefficient (Wildman–Crippen LogP) is 0.551. The van der Waals surface area contributed by atoms with E-state index in [1.54, 1.807) is 24.4 Å². The van der Waals surface area contributed by atoms with Gasteiger partial charge in [-0.3, -0.25) is 14.3 Å². The second-order valence-corrected chi connectivity index (χ2v) is 4.07. The average molecular weight is 261 g/mol. The highest BCUT2D eigenvalue weighted by atomic mass is 16.5. The van der Waals surface area contributed by atoms with Gasteiger partial charge in [-0.1, -0.05) is 13.0 Å². The van der Waals surface area contributed by atoms with Gasteiger partial charge in [-0.05, 0) is 12.5 Å². The lowest BCUT2D eigenvalue weighted by Gasteiger charge is -2.07. The smallest absolute Gasteiger partial charge is 0.328 e. The number of methoxy groups -OCH3 is 1. The standard InChI is InChI=1S/C13H15N3O3/c1-3-9-7-16(13(18)15-12(9)17)8-10-5-4-6-11(14-10)19-2/h4-7H,3,8H2,1-2H3,(H,15,17,18). The molecule has 2 aromatic rings. The fourth-order valence-corrected chi connectivity index (χ4v) is 1.76. The first-order valence-corrected chi connectivity index (χ1v) is 5.96. The summed E-state index contributed by atoms with van der Waals surface area (Å²) in [5, 5.41) is 0. The van der Waals surface area contributed by atoms with Crippen molar-refractivity contribution in [2.24, 2.45) is 0 Å². The van der Waals surface area contributed by atoms with Crippen molar-refractivity contribution >= 4 is 0 Å². The molecule has 0 unspecified atom stereocenters. The minimum atomic E-state index is -0.438. The third-order valence-electron chi connectivity index (χ3n) is 2.79. The molecule has 0 aromatic carbocycles. The summed E-state index contributed by atoms with van der Waals surface area (Å²) in [6.45, 7) is 2.16. The van der Waals surface area contributed by atoms with Crippen LogP contribution in [0.4, 0.5) is 0 Å². The Labute approximate surface area is 109 Å². The monoisotopic (exact) mass is 261 g/mol. The van der Waals surface area contributed by atoms with Gasteiger partial charge < -0.3 is 4.74 Å². The van der Waals surface area contributed by atoms with Gasteiger partial charge in [-0.25, -0.2) is 9.78 Å². The van der Waals surface area contributed by atoms with Crippen LogP contribution in [-0.4, -0.2) is 21.6 Å². The van der Waals surface area contributed by atoms with Crippen LogP contribution in [0.25, 0.3) is 0 Å². The summed E-state index contributed by atoms with van der Waals surface area (Å²) >= 11 is 0. The molecule has 0 spiro atoms. The molecule has 0 bridgehead atoms. The summed E-state index contributed by atoms with van der Waals surface area (Å²) in [5.74, 6) is 0.491. The zero-order valence-electron chi connectivity index (χ0n) is 10.8. The maximum Gasteiger partial charge on any atom is 0.328 e. The molecular formula is C13H15N3O3. The lowest BCUT2D eigenvalue weighted by Crippen LogP contribution is -2.32. The van der Waals surface area contributed by atoms with Gasteiger partial charge in [0.1, 0.15) is 0 Å². The van der Waals surface area contributed by atoms with E-state index in [0.717, 1.165) is 0 Å². The maximum atomic E-state index is 11.7. The van der Waals surface area contributed by atoms with Crippen molar-refractivity contribution in [2.45, 2.75) is 19.9 Å². The van der Waals surface area contributed by atoms with E-state index in [9.17, 15) is 9.59 Å². The second-order valence-electron chi connectivity index (χ2n) is 4.07. The van der Waals surface area contributed by atoms with E-state index in [1.807, 2.05) is 6.92 Å². The van der Waals surface area contributed by atoms with E-state index in [1.165, 1.54) is 11.7 Å². The van der Waals surface area contributed by atoms with Crippen molar-refractivity contribution in [3.05, 3.63) is 56.5 Å². The predicted molar refractivity (Wildman–Crippen MR) is 70.6 cm³/mol. The van der Waals surface area contributed by atoms with Crippen molar-refractivity contribution in [3.63, 3.8) is 0 Å². The van der Waals surface area contributed by atoms with Crippen molar-refractivity contribution in [1.29, 1.82) is 0 Å². The van der Waals surface area contributed by atoms with Crippen molar-refractivity contribution in [2.75, 3.05) is 7.11 Å². The van der Waals surface area contributed by atoms with E-state index in [-0.39, 0.29) is 5.56 Å². The Bertz CT molecular complexity index is 688. The van der Waals surface area contributed by atoms with Crippen LogP contribution in [0.2, 0.25) is 0 Å². The van der Waals surface area contributed by atoms with Crippen LogP contribution < -0.4 is 16.0 Å². The van der Waals surface area contributed by atoms with Crippen LogP contribution in [0.15, 0.2) is 34.0 Å². The number of nitrogens with one attached hydrogen (secondary N) is 1. The summed E-state index contributed by atoms with van der Waals surface area (Å²) in [6, 6.07) is 5.33. The van der Waals surface area contributed by atoms with Gasteiger partial charge in [-0.2, -0.15) is 0 Å². The van der Waals surface area contributed by atoms with Crippen LogP contribution in [0, 0.1) is 0 Å². The number of ether oxygens (including phenoxy) is 1. The minimum absolute atomic E-state index is 0.291. The zero-order chi connectivity index (χ0) is 13.8. The normalized spacial score (nSPS) is 10.4. The number of aromatic nitrogens is 3. The topological polar surface area (TPSA) is 77.0 Å². The highest BCUT2D eigenvalue weighted by Crippen LogP contribution is 2.07. The van der Waals surface area contributed by atoms with Crippen LogP contribution >= 0.6 is 0 Å². The number of aromatic amines is 1. The van der Waals surface area contributed by atoms with Crippen LogP contribution in [0.1, 0.15) is 18.2 Å². The van der Waals surface area contributed by atoms with Gasteiger partial charge in [0.2, 0.25) is 5.88 Å². The first kappa shape index (κ1) is 13.1. The first-order chi connectivity index (χ1) is 9.13. The van der Waals surface area contributed by atoms with Gasteiger partial charge in [0.05, 0.1) is 19.3 Å². The molecule has 6 heteroatoms. The SMILES string of the molecule is CCc1cn(Cc2cccc(OC)n2)c(=O)[nH]c1=O. The van der Waals surface area contributed by atoms with Crippen LogP contribution in [0.3, 0.4) is 0 Å². The zero-order valence-corrected chi connectivity index (χ0v) is 10.8. The molecule has 0 fully saturated rings. The number of nitrogens with zero attached hydrogens (tertiary/aromatic N) is 2. The molecule has 0 aliphatic carbocycles. The molecule has 2 heterocycles. The first-order valence-electron chi connectivity index (χ1n) is 5.96. The lowest BCUT2D eigenvalue weighted by molar-refractivity contribution is 0.395. The number of rotatable bonds is 4. The molecule has 0 aliphatic rings. The third-order valence-corrected chi connectivity index (χ3v) is 2.79. The van der Waals surface area contributed by atoms with E-state index >= 15 is 0 Å². The number of aryl methyl sites for hydroxylation is 1. The molecule has 0 radical (unpaired) electrons. The summed E-state index contributed by atoms with van der Waals surface area (Å²) in [4.78, 5) is 29.7. The Kier molecular flexibility index (Phi) is 3.79. The molecule has 0 saturated heterocycles. The highest BCUT2D eigenvalue weighted by Gasteiger charge is 2.05. The molecule has 0 atom stereocenters. The molecule has 6 nitrogen and oxygen atoms in total. The van der Waals surface area contributed by atoms with Gasteiger partial charge >= 0.3 is 5.69 Å². The Morgan fingerprint density at radius 2 is 2.16 bits per heavy atom. The lowest BCUT2D eigenvalue weighted by atomic mass is 10.2. The molecular weight excluding hydrogens is 246 g/mol. The average Bonchev–Trinajstić information content (AvgIpc) is 2.42. The van der Waals surface area contributed by atoms with Crippen molar-refractivity contribution < 1.29 is 4.74 Å². The van der Waals surface area contributed by atoms with Gasteiger partial charge in [-0.15, -0.1) is 0 Å². The van der Waals surface area contributed by atoms with E-state index in [0.29, 0.717) is 30.1 Å². The maximum absolute atomic E-state index is 11.7. The minimum Gasteiger partial charge on any atom is -0.481 e. The molecule has 0 saturated carbocycles. The Balaban J connectivity index is 2.37. The fourth-order valence-electron chi connectivity index (χ4n) is 1.76. The van der Waals surface area contributed by atoms with E-state index < -0.39 is 5.69 Å². The quantitative estimate of drug-likeness (QED) is 0.872. The second kappa shape index (κ2) is 5.51. The molecule has 0 amide bonds. The van der Waals surface area contributed by atoms with Crippen molar-refractivity contribution in [3.8, 4) is 5.88 Å². The molecule has 19 heavy (non-hydrogen) atoms. The molecule has 1 N–H and O–H groups in total. The molecule has 100 valence electrons. The Morgan fingerprint density at radius 3 is 2.84 bits per heavy atom. The molecule has 2 rings (SSSR count). The van der Waals surface area contributed by atoms with Crippen molar-refractivity contribution in [1.82, 2.24) is 14.5 Å². The summed E-state index contributed by atoms with van der Waals surface area (Å²) in [5.41, 5.74) is 0.493. The Morgan fingerprint density at radius 1 is 1.37 bits per heavy atom. The number of H-pyrrole nitrogens is 1. The molecule has 2 aromatic heterocycles.